The summed E-state index contributed by atoms with van der Waals surface area (Å²) in [5.74, 6) is -0.909. The number of piperidine rings is 1. The molecule has 0 bridgehead atoms. The Kier molecular flexibility index (Phi) is 6.62. The minimum absolute atomic E-state index is 0.0142. The Morgan fingerprint density at radius 2 is 2.08 bits per heavy atom. The highest BCUT2D eigenvalue weighted by molar-refractivity contribution is 7.12. The second kappa shape index (κ2) is 9.14. The zero-order valence-electron chi connectivity index (χ0n) is 14.6. The first-order valence-electron chi connectivity index (χ1n) is 9.01. The first kappa shape index (κ1) is 18.8. The van der Waals surface area contributed by atoms with Crippen LogP contribution in [0.25, 0.3) is 0 Å². The third-order valence-corrected chi connectivity index (χ3v) is 5.60. The SMILES string of the molecule is O=C(COC(=O)C1CCN(C(=O)c2cccs2)CC1)NC[C@@H]1CCCO1. The summed E-state index contributed by atoms with van der Waals surface area (Å²) in [6.45, 7) is 1.99. The number of nitrogens with one attached hydrogen (secondary N) is 1. The van der Waals surface area contributed by atoms with Crippen molar-refractivity contribution in [1.29, 1.82) is 0 Å². The molecule has 0 aromatic carbocycles. The van der Waals surface area contributed by atoms with E-state index in [0.717, 1.165) is 19.4 Å². The molecule has 7 nitrogen and oxygen atoms in total. The minimum atomic E-state index is -0.361. The Morgan fingerprint density at radius 1 is 1.27 bits per heavy atom. The molecule has 1 N–H and O–H groups in total. The lowest BCUT2D eigenvalue weighted by atomic mass is 9.97. The molecular formula is C18H24N2O5S. The van der Waals surface area contributed by atoms with E-state index >= 15 is 0 Å². The van der Waals surface area contributed by atoms with E-state index in [-0.39, 0.29) is 36.4 Å². The van der Waals surface area contributed by atoms with Crippen molar-refractivity contribution in [3.8, 4) is 0 Å². The van der Waals surface area contributed by atoms with Gasteiger partial charge in [-0.15, -0.1) is 11.3 Å². The van der Waals surface area contributed by atoms with Crippen LogP contribution in [0.1, 0.15) is 35.4 Å². The smallest absolute Gasteiger partial charge is 0.309 e. The van der Waals surface area contributed by atoms with Gasteiger partial charge in [0.2, 0.25) is 0 Å². The fourth-order valence-corrected chi connectivity index (χ4v) is 3.90. The molecule has 2 saturated heterocycles. The van der Waals surface area contributed by atoms with Crippen LogP contribution in [-0.2, 0) is 19.1 Å². The summed E-state index contributed by atoms with van der Waals surface area (Å²) >= 11 is 1.42. The van der Waals surface area contributed by atoms with Gasteiger partial charge in [-0.1, -0.05) is 6.07 Å². The van der Waals surface area contributed by atoms with E-state index in [1.165, 1.54) is 11.3 Å². The summed E-state index contributed by atoms with van der Waals surface area (Å²) in [4.78, 5) is 38.7. The zero-order chi connectivity index (χ0) is 18.4. The molecule has 2 aliphatic rings. The quantitative estimate of drug-likeness (QED) is 0.755. The van der Waals surface area contributed by atoms with E-state index in [2.05, 4.69) is 5.32 Å². The number of esters is 1. The first-order chi connectivity index (χ1) is 12.6. The maximum absolute atomic E-state index is 12.3. The predicted molar refractivity (Wildman–Crippen MR) is 95.9 cm³/mol. The molecular weight excluding hydrogens is 356 g/mol. The molecule has 0 radical (unpaired) electrons. The highest BCUT2D eigenvalue weighted by atomic mass is 32.1. The Bertz CT molecular complexity index is 620. The lowest BCUT2D eigenvalue weighted by molar-refractivity contribution is -0.153. The molecule has 3 rings (SSSR count). The van der Waals surface area contributed by atoms with Crippen molar-refractivity contribution in [2.75, 3.05) is 32.8 Å². The number of rotatable bonds is 6. The van der Waals surface area contributed by atoms with Crippen molar-refractivity contribution in [2.45, 2.75) is 31.8 Å². The van der Waals surface area contributed by atoms with Crippen LogP contribution in [0.2, 0.25) is 0 Å². The Hall–Kier alpha value is -1.93. The van der Waals surface area contributed by atoms with Gasteiger partial charge in [-0.05, 0) is 37.1 Å². The van der Waals surface area contributed by atoms with Gasteiger partial charge in [-0.25, -0.2) is 0 Å². The number of hydrogen-bond acceptors (Lipinski definition) is 6. The maximum Gasteiger partial charge on any atom is 0.309 e. The van der Waals surface area contributed by atoms with E-state index < -0.39 is 0 Å². The van der Waals surface area contributed by atoms with E-state index in [4.69, 9.17) is 9.47 Å². The van der Waals surface area contributed by atoms with E-state index in [1.807, 2.05) is 17.5 Å². The Balaban J connectivity index is 1.34. The standard InChI is InChI=1S/C18H24N2O5S/c21-16(19-11-14-3-1-9-24-14)12-25-18(23)13-5-7-20(8-6-13)17(22)15-4-2-10-26-15/h2,4,10,13-14H,1,3,5-9,11-12H2,(H,19,21)/t14-/m0/s1. The average Bonchev–Trinajstić information content (AvgIpc) is 3.37. The lowest BCUT2D eigenvalue weighted by Crippen LogP contribution is -2.41. The van der Waals surface area contributed by atoms with Crippen LogP contribution in [0.5, 0.6) is 0 Å². The van der Waals surface area contributed by atoms with Crippen molar-refractivity contribution >= 4 is 29.1 Å². The Morgan fingerprint density at radius 3 is 2.73 bits per heavy atom. The first-order valence-corrected chi connectivity index (χ1v) is 9.89. The van der Waals surface area contributed by atoms with Crippen molar-refractivity contribution in [1.82, 2.24) is 10.2 Å². The molecule has 3 heterocycles. The van der Waals surface area contributed by atoms with Crippen molar-refractivity contribution in [2.24, 2.45) is 5.92 Å². The summed E-state index contributed by atoms with van der Waals surface area (Å²) in [5, 5.41) is 4.60. The number of nitrogens with zero attached hydrogens (tertiary/aromatic N) is 1. The van der Waals surface area contributed by atoms with E-state index in [1.54, 1.807) is 4.90 Å². The third-order valence-electron chi connectivity index (χ3n) is 4.74. The number of likely N-dealkylation sites (tertiary alicyclic amines) is 1. The minimum Gasteiger partial charge on any atom is -0.455 e. The summed E-state index contributed by atoms with van der Waals surface area (Å²) < 4.78 is 10.6. The predicted octanol–water partition coefficient (Wildman–Crippen LogP) is 1.44. The Labute approximate surface area is 156 Å². The van der Waals surface area contributed by atoms with Gasteiger partial charge >= 0.3 is 5.97 Å². The number of ether oxygens (including phenoxy) is 2. The number of carbonyl (C=O) groups excluding carboxylic acids is 3. The highest BCUT2D eigenvalue weighted by Crippen LogP contribution is 2.21. The van der Waals surface area contributed by atoms with Gasteiger partial charge in [0.25, 0.3) is 11.8 Å². The van der Waals surface area contributed by atoms with Crippen LogP contribution in [0.4, 0.5) is 0 Å². The second-order valence-corrected chi connectivity index (χ2v) is 7.54. The van der Waals surface area contributed by atoms with Gasteiger partial charge in [-0.2, -0.15) is 0 Å². The maximum atomic E-state index is 12.3. The number of thiophene rings is 1. The zero-order valence-corrected chi connectivity index (χ0v) is 15.5. The van der Waals surface area contributed by atoms with Crippen molar-refractivity contribution in [3.63, 3.8) is 0 Å². The molecule has 0 spiro atoms. The molecule has 2 aliphatic heterocycles. The van der Waals surface area contributed by atoms with Crippen LogP contribution in [0, 0.1) is 5.92 Å². The summed E-state index contributed by atoms with van der Waals surface area (Å²) in [7, 11) is 0. The molecule has 1 aromatic rings. The van der Waals surface area contributed by atoms with E-state index in [0.29, 0.717) is 37.4 Å². The topological polar surface area (TPSA) is 84.9 Å². The summed E-state index contributed by atoms with van der Waals surface area (Å²) in [5.41, 5.74) is 0. The molecule has 0 aliphatic carbocycles. The highest BCUT2D eigenvalue weighted by Gasteiger charge is 2.29. The third kappa shape index (κ3) is 5.04. The fraction of sp³-hybridized carbons (Fsp3) is 0.611. The normalized spacial score (nSPS) is 20.8. The van der Waals surface area contributed by atoms with Crippen LogP contribution in [-0.4, -0.2) is 61.6 Å². The van der Waals surface area contributed by atoms with Gasteiger partial charge in [0.15, 0.2) is 6.61 Å². The van der Waals surface area contributed by atoms with Gasteiger partial charge in [-0.3, -0.25) is 14.4 Å². The van der Waals surface area contributed by atoms with Crippen LogP contribution in [0.3, 0.4) is 0 Å². The fourth-order valence-electron chi connectivity index (χ4n) is 3.21. The summed E-state index contributed by atoms with van der Waals surface area (Å²) in [6, 6.07) is 3.66. The van der Waals surface area contributed by atoms with E-state index in [9.17, 15) is 14.4 Å². The molecule has 2 amide bonds. The molecule has 0 saturated carbocycles. The monoisotopic (exact) mass is 380 g/mol. The molecule has 142 valence electrons. The molecule has 2 fully saturated rings. The van der Waals surface area contributed by atoms with Gasteiger partial charge < -0.3 is 19.7 Å². The van der Waals surface area contributed by atoms with Gasteiger partial charge in [0, 0.05) is 26.2 Å². The van der Waals surface area contributed by atoms with Gasteiger partial charge in [0.05, 0.1) is 16.9 Å². The summed E-state index contributed by atoms with van der Waals surface area (Å²) in [6.07, 6.45) is 3.16. The molecule has 26 heavy (non-hydrogen) atoms. The average molecular weight is 380 g/mol. The molecule has 1 aromatic heterocycles. The van der Waals surface area contributed by atoms with Crippen LogP contribution >= 0.6 is 11.3 Å². The molecule has 0 unspecified atom stereocenters. The number of amides is 2. The largest absolute Gasteiger partial charge is 0.455 e. The van der Waals surface area contributed by atoms with Crippen molar-refractivity contribution < 1.29 is 23.9 Å². The van der Waals surface area contributed by atoms with Crippen molar-refractivity contribution in [3.05, 3.63) is 22.4 Å². The number of hydrogen-bond donors (Lipinski definition) is 1. The lowest BCUT2D eigenvalue weighted by Gasteiger charge is -2.30. The molecule has 8 heteroatoms. The number of carbonyl (C=O) groups is 3. The second-order valence-electron chi connectivity index (χ2n) is 6.59. The van der Waals surface area contributed by atoms with Gasteiger partial charge in [0.1, 0.15) is 0 Å². The molecule has 1 atom stereocenters. The van der Waals surface area contributed by atoms with Crippen LogP contribution in [0.15, 0.2) is 17.5 Å². The van der Waals surface area contributed by atoms with Crippen LogP contribution < -0.4 is 5.32 Å².